The Morgan fingerprint density at radius 1 is 1.19 bits per heavy atom. The fourth-order valence-corrected chi connectivity index (χ4v) is 5.41. The molecule has 0 bridgehead atoms. The first-order chi connectivity index (χ1) is 15.5. The van der Waals surface area contributed by atoms with Gasteiger partial charge < -0.3 is 14.4 Å². The second-order valence-corrected chi connectivity index (χ2v) is 9.01. The molecule has 32 heavy (non-hydrogen) atoms. The molecule has 1 aromatic rings. The van der Waals surface area contributed by atoms with E-state index >= 15 is 0 Å². The first-order valence-electron chi connectivity index (χ1n) is 11.7. The third-order valence-corrected chi connectivity index (χ3v) is 7.22. The number of piperidine rings is 1. The Hall–Kier alpha value is -2.24. The van der Waals surface area contributed by atoms with Crippen molar-refractivity contribution in [2.45, 2.75) is 64.3 Å². The highest BCUT2D eigenvalue weighted by Crippen LogP contribution is 2.47. The number of thiocarbonyl (C=S) groups is 1. The molecule has 1 aromatic carbocycles. The summed E-state index contributed by atoms with van der Waals surface area (Å²) in [5.41, 5.74) is 0.518. The molecule has 0 N–H and O–H groups in total. The zero-order valence-electron chi connectivity index (χ0n) is 19.2. The predicted molar refractivity (Wildman–Crippen MR) is 127 cm³/mol. The monoisotopic (exact) mass is 458 g/mol. The summed E-state index contributed by atoms with van der Waals surface area (Å²) >= 11 is 4.82. The Morgan fingerprint density at radius 3 is 2.41 bits per heavy atom. The quantitative estimate of drug-likeness (QED) is 0.327. The zero-order chi connectivity index (χ0) is 23.0. The number of amides is 1. The van der Waals surface area contributed by atoms with E-state index in [1.165, 1.54) is 19.3 Å². The normalized spacial score (nSPS) is 19.5. The van der Waals surface area contributed by atoms with Crippen molar-refractivity contribution in [3.63, 3.8) is 0 Å². The second-order valence-electron chi connectivity index (χ2n) is 8.83. The Bertz CT molecular complexity index is 821. The smallest absolute Gasteiger partial charge is 0.312 e. The number of isothiocyanates is 1. The third-order valence-electron chi connectivity index (χ3n) is 7.12. The van der Waals surface area contributed by atoms with Gasteiger partial charge in [-0.15, -0.1) is 0 Å². The van der Waals surface area contributed by atoms with Crippen molar-refractivity contribution in [1.29, 1.82) is 0 Å². The van der Waals surface area contributed by atoms with Crippen LogP contribution in [0.4, 0.5) is 0 Å². The van der Waals surface area contributed by atoms with Gasteiger partial charge in [-0.3, -0.25) is 9.59 Å². The molecule has 7 heteroatoms. The molecule has 1 heterocycles. The molecule has 0 spiro atoms. The molecular formula is C25H34N2O4S. The predicted octanol–water partition coefficient (Wildman–Crippen LogP) is 4.46. The van der Waals surface area contributed by atoms with Gasteiger partial charge in [0.2, 0.25) is 5.91 Å². The fourth-order valence-electron chi connectivity index (χ4n) is 5.28. The van der Waals surface area contributed by atoms with E-state index in [-0.39, 0.29) is 11.9 Å². The molecule has 1 atom stereocenters. The topological polar surface area (TPSA) is 68.2 Å². The molecule has 6 nitrogen and oxygen atoms in total. The van der Waals surface area contributed by atoms with Crippen LogP contribution < -0.4 is 4.74 Å². The van der Waals surface area contributed by atoms with Crippen LogP contribution in [0.5, 0.6) is 5.75 Å². The van der Waals surface area contributed by atoms with Gasteiger partial charge in [0.05, 0.1) is 24.3 Å². The molecular weight excluding hydrogens is 424 g/mol. The number of esters is 1. The lowest BCUT2D eigenvalue weighted by Gasteiger charge is -2.46. The average molecular weight is 459 g/mol. The summed E-state index contributed by atoms with van der Waals surface area (Å²) in [6, 6.07) is 7.00. The molecule has 1 aliphatic carbocycles. The number of carbonyl (C=O) groups is 2. The minimum atomic E-state index is -0.606. The molecule has 2 aliphatic rings. The Morgan fingerprint density at radius 2 is 1.84 bits per heavy atom. The van der Waals surface area contributed by atoms with E-state index in [4.69, 9.17) is 21.7 Å². The molecule has 0 radical (unpaired) electrons. The Labute approximate surface area is 196 Å². The third kappa shape index (κ3) is 5.57. The number of hydrogen-bond donors (Lipinski definition) is 0. The number of carbonyl (C=O) groups excluding carboxylic acids is 2. The van der Waals surface area contributed by atoms with Crippen molar-refractivity contribution >= 4 is 29.3 Å². The summed E-state index contributed by atoms with van der Waals surface area (Å²) in [6.45, 7) is 3.34. The Balaban J connectivity index is 1.70. The molecule has 1 unspecified atom stereocenters. The van der Waals surface area contributed by atoms with Gasteiger partial charge in [-0.2, -0.15) is 0 Å². The lowest BCUT2D eigenvalue weighted by molar-refractivity contribution is -0.166. The van der Waals surface area contributed by atoms with Gasteiger partial charge in [-0.05, 0) is 68.4 Å². The number of aliphatic imine (C=N–C) groups is 1. The maximum atomic E-state index is 13.3. The summed E-state index contributed by atoms with van der Waals surface area (Å²) < 4.78 is 10.7. The van der Waals surface area contributed by atoms with Crippen molar-refractivity contribution < 1.29 is 19.1 Å². The van der Waals surface area contributed by atoms with E-state index in [1.54, 1.807) is 7.11 Å². The Kier molecular flexibility index (Phi) is 8.83. The van der Waals surface area contributed by atoms with Crippen molar-refractivity contribution in [2.24, 2.45) is 16.3 Å². The number of likely N-dealkylation sites (tertiary alicyclic amines) is 1. The maximum Gasteiger partial charge on any atom is 0.312 e. The number of methoxy groups -OCH3 is 1. The summed E-state index contributed by atoms with van der Waals surface area (Å²) in [7, 11) is 1.62. The first kappa shape index (κ1) is 24.4. The fraction of sp³-hybridized carbons (Fsp3) is 0.640. The van der Waals surface area contributed by atoms with Crippen LogP contribution in [0.25, 0.3) is 0 Å². The molecule has 174 valence electrons. The van der Waals surface area contributed by atoms with Crippen LogP contribution in [0.15, 0.2) is 29.3 Å². The average Bonchev–Trinajstić information content (AvgIpc) is 2.84. The minimum Gasteiger partial charge on any atom is -0.497 e. The first-order valence-corrected chi connectivity index (χ1v) is 12.1. The summed E-state index contributed by atoms with van der Waals surface area (Å²) in [5.74, 6) is 0.982. The van der Waals surface area contributed by atoms with E-state index in [0.717, 1.165) is 24.2 Å². The van der Waals surface area contributed by atoms with Crippen LogP contribution in [0.1, 0.15) is 57.4 Å². The zero-order valence-corrected chi connectivity index (χ0v) is 20.0. The summed E-state index contributed by atoms with van der Waals surface area (Å²) in [5, 5.41) is 2.40. The van der Waals surface area contributed by atoms with Crippen molar-refractivity contribution in [3.8, 4) is 5.75 Å². The molecule has 1 saturated heterocycles. The lowest BCUT2D eigenvalue weighted by atomic mass is 9.63. The lowest BCUT2D eigenvalue weighted by Crippen LogP contribution is -2.52. The number of benzene rings is 1. The second kappa shape index (κ2) is 11.6. The van der Waals surface area contributed by atoms with Crippen LogP contribution >= 0.6 is 12.2 Å². The SMILES string of the molecule is CCOC(=O)C1(C2CCCCC2)CCN(C(=O)C(Cc2ccc(OC)cc2)N=C=S)CC1. The van der Waals surface area contributed by atoms with E-state index < -0.39 is 11.5 Å². The number of ether oxygens (including phenoxy) is 2. The van der Waals surface area contributed by atoms with Crippen LogP contribution in [0.2, 0.25) is 0 Å². The van der Waals surface area contributed by atoms with E-state index in [1.807, 2.05) is 36.1 Å². The molecule has 1 saturated carbocycles. The summed E-state index contributed by atoms with van der Waals surface area (Å²) in [6.07, 6.45) is 7.47. The highest BCUT2D eigenvalue weighted by molar-refractivity contribution is 7.78. The number of nitrogens with zero attached hydrogens (tertiary/aromatic N) is 2. The van der Waals surface area contributed by atoms with Gasteiger partial charge in [0.15, 0.2) is 0 Å². The van der Waals surface area contributed by atoms with Gasteiger partial charge >= 0.3 is 5.97 Å². The van der Waals surface area contributed by atoms with Gasteiger partial charge in [0, 0.05) is 19.5 Å². The van der Waals surface area contributed by atoms with Gasteiger partial charge in [-0.1, -0.05) is 31.4 Å². The van der Waals surface area contributed by atoms with Crippen LogP contribution in [0, 0.1) is 11.3 Å². The van der Waals surface area contributed by atoms with Gasteiger partial charge in [-0.25, -0.2) is 4.99 Å². The van der Waals surface area contributed by atoms with E-state index in [9.17, 15) is 9.59 Å². The molecule has 2 fully saturated rings. The molecule has 1 aliphatic heterocycles. The molecule has 1 amide bonds. The van der Waals surface area contributed by atoms with Crippen molar-refractivity contribution in [3.05, 3.63) is 29.8 Å². The van der Waals surface area contributed by atoms with E-state index in [2.05, 4.69) is 10.2 Å². The van der Waals surface area contributed by atoms with Crippen LogP contribution in [-0.2, 0) is 20.7 Å². The number of rotatable bonds is 8. The molecule has 3 rings (SSSR count). The maximum absolute atomic E-state index is 13.3. The van der Waals surface area contributed by atoms with Gasteiger partial charge in [0.1, 0.15) is 11.8 Å². The van der Waals surface area contributed by atoms with Crippen molar-refractivity contribution in [2.75, 3.05) is 26.8 Å². The summed E-state index contributed by atoms with van der Waals surface area (Å²) in [4.78, 5) is 32.4. The highest BCUT2D eigenvalue weighted by Gasteiger charge is 2.49. The van der Waals surface area contributed by atoms with Crippen molar-refractivity contribution in [1.82, 2.24) is 4.90 Å². The molecule has 0 aromatic heterocycles. The van der Waals surface area contributed by atoms with Crippen LogP contribution in [-0.4, -0.2) is 54.8 Å². The van der Waals surface area contributed by atoms with Gasteiger partial charge in [0.25, 0.3) is 0 Å². The highest BCUT2D eigenvalue weighted by atomic mass is 32.1. The standard InChI is InChI=1S/C25H34N2O4S/c1-3-31-24(29)25(20-7-5-4-6-8-20)13-15-27(16-14-25)23(28)22(26-18-32)17-19-9-11-21(30-2)12-10-19/h9-12,20,22H,3-8,13-17H2,1-2H3. The van der Waals surface area contributed by atoms with E-state index in [0.29, 0.717) is 44.9 Å². The largest absolute Gasteiger partial charge is 0.497 e. The minimum absolute atomic E-state index is 0.0562. The van der Waals surface area contributed by atoms with Crippen LogP contribution in [0.3, 0.4) is 0 Å². The number of hydrogen-bond acceptors (Lipinski definition) is 6.